The van der Waals surface area contributed by atoms with Gasteiger partial charge in [0.25, 0.3) is 10.0 Å². The average Bonchev–Trinajstić information content (AvgIpc) is 2.94. The molecule has 0 saturated carbocycles. The highest BCUT2D eigenvalue weighted by atomic mass is 32.2. The maximum atomic E-state index is 12.3. The Hall–Kier alpha value is -1.64. The van der Waals surface area contributed by atoms with E-state index >= 15 is 0 Å². The summed E-state index contributed by atoms with van der Waals surface area (Å²) in [5.41, 5.74) is 1.00. The third-order valence-corrected chi connectivity index (χ3v) is 4.55. The Balaban J connectivity index is 2.27. The number of rotatable bonds is 5. The van der Waals surface area contributed by atoms with Crippen molar-refractivity contribution in [3.63, 3.8) is 0 Å². The highest BCUT2D eigenvalue weighted by Gasteiger charge is 2.24. The molecule has 1 atom stereocenters. The zero-order valence-corrected chi connectivity index (χ0v) is 12.3. The van der Waals surface area contributed by atoms with Crippen LogP contribution in [-0.4, -0.2) is 23.7 Å². The number of nitrogens with one attached hydrogen (secondary N) is 2. The summed E-state index contributed by atoms with van der Waals surface area (Å²) in [5, 5.41) is 15.0. The van der Waals surface area contributed by atoms with Gasteiger partial charge in [-0.2, -0.15) is 5.10 Å². The van der Waals surface area contributed by atoms with E-state index < -0.39 is 22.7 Å². The second-order valence-corrected chi connectivity index (χ2v) is 6.24. The second kappa shape index (κ2) is 5.39. The van der Waals surface area contributed by atoms with E-state index in [9.17, 15) is 8.42 Å². The summed E-state index contributed by atoms with van der Waals surface area (Å²) >= 11 is 0. The Morgan fingerprint density at radius 2 is 2.20 bits per heavy atom. The molecule has 2 aromatic rings. The van der Waals surface area contributed by atoms with E-state index in [0.29, 0.717) is 5.76 Å². The van der Waals surface area contributed by atoms with Gasteiger partial charge in [0, 0.05) is 17.2 Å². The van der Waals surface area contributed by atoms with Crippen molar-refractivity contribution in [1.82, 2.24) is 14.9 Å². The van der Waals surface area contributed by atoms with Gasteiger partial charge in [-0.1, -0.05) is 0 Å². The lowest BCUT2D eigenvalue weighted by molar-refractivity contribution is 0.278. The molecule has 2 rings (SSSR count). The number of aliphatic hydroxyl groups excluding tert-OH is 1. The fourth-order valence-electron chi connectivity index (χ4n) is 2.08. The molecule has 0 saturated heterocycles. The number of nitrogens with zero attached hydrogens (tertiary/aromatic N) is 1. The quantitative estimate of drug-likeness (QED) is 0.767. The second-order valence-electron chi connectivity index (χ2n) is 4.59. The van der Waals surface area contributed by atoms with Gasteiger partial charge < -0.3 is 9.52 Å². The smallest absolute Gasteiger partial charge is 0.258 e. The number of aromatic nitrogens is 2. The molecule has 2 heterocycles. The molecule has 0 fully saturated rings. The normalized spacial score (nSPS) is 13.6. The molecule has 20 heavy (non-hydrogen) atoms. The fraction of sp³-hybridized carbons (Fsp3) is 0.417. The summed E-state index contributed by atoms with van der Waals surface area (Å²) in [6, 6.07) is 1.34. The van der Waals surface area contributed by atoms with Gasteiger partial charge in [0.15, 0.2) is 5.03 Å². The molecular formula is C12H17N3O4S. The van der Waals surface area contributed by atoms with Crippen LogP contribution in [0.4, 0.5) is 0 Å². The SMILES string of the molecule is Cc1cc(C(C)NS(=O)(=O)c2[nH]ncc2CO)c(C)o1. The first-order valence-corrected chi connectivity index (χ1v) is 7.56. The monoisotopic (exact) mass is 299 g/mol. The molecule has 0 spiro atoms. The molecule has 8 heteroatoms. The molecule has 1 unspecified atom stereocenters. The van der Waals surface area contributed by atoms with E-state index in [-0.39, 0.29) is 10.6 Å². The lowest BCUT2D eigenvalue weighted by atomic mass is 10.1. The van der Waals surface area contributed by atoms with E-state index in [1.54, 1.807) is 26.8 Å². The molecule has 0 radical (unpaired) electrons. The van der Waals surface area contributed by atoms with Crippen molar-refractivity contribution in [2.24, 2.45) is 0 Å². The molecule has 0 aliphatic heterocycles. The summed E-state index contributed by atoms with van der Waals surface area (Å²) in [6.07, 6.45) is 1.28. The number of hydrogen-bond donors (Lipinski definition) is 3. The summed E-state index contributed by atoms with van der Waals surface area (Å²) in [4.78, 5) is 0. The minimum Gasteiger partial charge on any atom is -0.466 e. The zero-order valence-electron chi connectivity index (χ0n) is 11.5. The van der Waals surface area contributed by atoms with Crippen molar-refractivity contribution in [3.05, 3.63) is 34.9 Å². The Bertz CT molecular complexity index is 702. The predicted molar refractivity (Wildman–Crippen MR) is 71.4 cm³/mol. The molecule has 0 aliphatic rings. The van der Waals surface area contributed by atoms with Crippen LogP contribution in [0.3, 0.4) is 0 Å². The maximum absolute atomic E-state index is 12.3. The standard InChI is InChI=1S/C12H17N3O4S/c1-7-4-11(9(3)19-7)8(2)15-20(17,18)12-10(6-16)5-13-14-12/h4-5,8,15-16H,6H2,1-3H3,(H,13,14). The van der Waals surface area contributed by atoms with E-state index in [4.69, 9.17) is 9.52 Å². The lowest BCUT2D eigenvalue weighted by Gasteiger charge is -2.13. The number of furan rings is 1. The van der Waals surface area contributed by atoms with Crippen molar-refractivity contribution in [3.8, 4) is 0 Å². The van der Waals surface area contributed by atoms with Gasteiger partial charge in [-0.3, -0.25) is 5.10 Å². The molecule has 3 N–H and O–H groups in total. The number of aliphatic hydroxyl groups is 1. The van der Waals surface area contributed by atoms with Crippen molar-refractivity contribution < 1.29 is 17.9 Å². The number of aryl methyl sites for hydroxylation is 2. The number of H-pyrrole nitrogens is 1. The van der Waals surface area contributed by atoms with E-state index in [1.165, 1.54) is 6.20 Å². The van der Waals surface area contributed by atoms with Crippen molar-refractivity contribution in [1.29, 1.82) is 0 Å². The molecule has 7 nitrogen and oxygen atoms in total. The van der Waals surface area contributed by atoms with Gasteiger partial charge in [0.2, 0.25) is 0 Å². The largest absolute Gasteiger partial charge is 0.466 e. The summed E-state index contributed by atoms with van der Waals surface area (Å²) < 4.78 is 32.4. The molecule has 0 amide bonds. The van der Waals surface area contributed by atoms with Crippen LogP contribution in [-0.2, 0) is 16.6 Å². The van der Waals surface area contributed by atoms with Crippen LogP contribution in [0.1, 0.15) is 35.6 Å². The van der Waals surface area contributed by atoms with Crippen molar-refractivity contribution >= 4 is 10.0 Å². The van der Waals surface area contributed by atoms with Crippen LogP contribution in [0.25, 0.3) is 0 Å². The first-order valence-electron chi connectivity index (χ1n) is 6.07. The summed E-state index contributed by atoms with van der Waals surface area (Å²) in [5.74, 6) is 1.39. The first kappa shape index (κ1) is 14.8. The maximum Gasteiger partial charge on any atom is 0.258 e. The molecule has 0 aliphatic carbocycles. The third-order valence-electron chi connectivity index (χ3n) is 3.00. The van der Waals surface area contributed by atoms with Gasteiger partial charge >= 0.3 is 0 Å². The van der Waals surface area contributed by atoms with E-state index in [0.717, 1.165) is 11.3 Å². The highest BCUT2D eigenvalue weighted by molar-refractivity contribution is 7.89. The van der Waals surface area contributed by atoms with Crippen LogP contribution < -0.4 is 4.72 Å². The lowest BCUT2D eigenvalue weighted by Crippen LogP contribution is -2.28. The van der Waals surface area contributed by atoms with Crippen LogP contribution in [0.5, 0.6) is 0 Å². The van der Waals surface area contributed by atoms with Crippen LogP contribution in [0.2, 0.25) is 0 Å². The van der Waals surface area contributed by atoms with Crippen molar-refractivity contribution in [2.75, 3.05) is 0 Å². The van der Waals surface area contributed by atoms with Crippen molar-refractivity contribution in [2.45, 2.75) is 38.4 Å². The predicted octanol–water partition coefficient (Wildman–Crippen LogP) is 1.15. The summed E-state index contributed by atoms with van der Waals surface area (Å²) in [6.45, 7) is 4.91. The van der Waals surface area contributed by atoms with Crippen LogP contribution in [0.15, 0.2) is 21.7 Å². The molecule has 2 aromatic heterocycles. The molecule has 110 valence electrons. The third kappa shape index (κ3) is 2.77. The molecular weight excluding hydrogens is 282 g/mol. The highest BCUT2D eigenvalue weighted by Crippen LogP contribution is 2.23. The Kier molecular flexibility index (Phi) is 3.98. The van der Waals surface area contributed by atoms with E-state index in [2.05, 4.69) is 14.9 Å². The van der Waals surface area contributed by atoms with Gasteiger partial charge in [-0.05, 0) is 26.8 Å². The first-order chi connectivity index (χ1) is 9.35. The number of sulfonamides is 1. The van der Waals surface area contributed by atoms with Gasteiger partial charge in [-0.25, -0.2) is 13.1 Å². The fourth-order valence-corrected chi connectivity index (χ4v) is 3.43. The summed E-state index contributed by atoms with van der Waals surface area (Å²) in [7, 11) is -3.78. The number of aromatic amines is 1. The number of hydrogen-bond acceptors (Lipinski definition) is 5. The topological polar surface area (TPSA) is 108 Å². The van der Waals surface area contributed by atoms with E-state index in [1.807, 2.05) is 0 Å². The van der Waals surface area contributed by atoms with Gasteiger partial charge in [-0.15, -0.1) is 0 Å². The Morgan fingerprint density at radius 3 is 2.75 bits per heavy atom. The minimum atomic E-state index is -3.78. The minimum absolute atomic E-state index is 0.121. The Labute approximate surface area is 117 Å². The van der Waals surface area contributed by atoms with Gasteiger partial charge in [0.05, 0.1) is 12.8 Å². The Morgan fingerprint density at radius 1 is 1.50 bits per heavy atom. The van der Waals surface area contributed by atoms with Gasteiger partial charge in [0.1, 0.15) is 11.5 Å². The van der Waals surface area contributed by atoms with Crippen LogP contribution >= 0.6 is 0 Å². The zero-order chi connectivity index (χ0) is 14.9. The van der Waals surface area contributed by atoms with Crippen LogP contribution in [0, 0.1) is 13.8 Å². The molecule has 0 bridgehead atoms. The average molecular weight is 299 g/mol. The molecule has 0 aromatic carbocycles.